The zero-order valence-electron chi connectivity index (χ0n) is 14.6. The molecule has 1 nitrogen and oxygen atoms in total. The fourth-order valence-corrected chi connectivity index (χ4v) is 4.15. The third-order valence-electron chi connectivity index (χ3n) is 4.39. The van der Waals surface area contributed by atoms with Gasteiger partial charge in [-0.05, 0) is 30.5 Å². The van der Waals surface area contributed by atoms with E-state index in [1.165, 1.54) is 0 Å². The van der Waals surface area contributed by atoms with E-state index in [0.29, 0.717) is 5.92 Å². The van der Waals surface area contributed by atoms with Gasteiger partial charge in [0, 0.05) is 0 Å². The molecule has 0 aromatic carbocycles. The van der Waals surface area contributed by atoms with Crippen LogP contribution in [0.2, 0.25) is 18.1 Å². The van der Waals surface area contributed by atoms with Gasteiger partial charge in [0.05, 0.1) is 16.9 Å². The number of hydrogen-bond donors (Lipinski definition) is 0. The maximum absolute atomic E-state index is 6.65. The van der Waals surface area contributed by atoms with Crippen LogP contribution >= 0.6 is 23.2 Å². The zero-order chi connectivity index (χ0) is 16.1. The van der Waals surface area contributed by atoms with Crippen molar-refractivity contribution in [2.45, 2.75) is 95.8 Å². The van der Waals surface area contributed by atoms with Gasteiger partial charge in [-0.2, -0.15) is 0 Å². The SMILES string of the molecule is CCCC[C@@H](Cl)[C@@H](Cl)C(O[Si](C)(C)C(C)(C)C)C(C)C. The number of alkyl halides is 2. The number of hydrogen-bond acceptors (Lipinski definition) is 1. The maximum Gasteiger partial charge on any atom is 0.192 e. The van der Waals surface area contributed by atoms with Crippen LogP contribution < -0.4 is 0 Å². The van der Waals surface area contributed by atoms with E-state index in [1.54, 1.807) is 0 Å². The van der Waals surface area contributed by atoms with Crippen LogP contribution in [-0.4, -0.2) is 25.2 Å². The van der Waals surface area contributed by atoms with Crippen molar-refractivity contribution in [2.24, 2.45) is 5.92 Å². The minimum Gasteiger partial charge on any atom is -0.412 e. The number of unbranched alkanes of at least 4 members (excludes halogenated alkanes) is 1. The second kappa shape index (κ2) is 8.41. The van der Waals surface area contributed by atoms with Crippen molar-refractivity contribution in [1.82, 2.24) is 0 Å². The van der Waals surface area contributed by atoms with Crippen LogP contribution in [0.25, 0.3) is 0 Å². The van der Waals surface area contributed by atoms with E-state index in [0.717, 1.165) is 19.3 Å². The van der Waals surface area contributed by atoms with E-state index in [2.05, 4.69) is 54.6 Å². The van der Waals surface area contributed by atoms with Gasteiger partial charge in [-0.15, -0.1) is 23.2 Å². The molecule has 122 valence electrons. The van der Waals surface area contributed by atoms with Crippen molar-refractivity contribution < 1.29 is 4.43 Å². The highest BCUT2D eigenvalue weighted by Crippen LogP contribution is 2.39. The highest BCUT2D eigenvalue weighted by atomic mass is 35.5. The topological polar surface area (TPSA) is 9.23 Å². The van der Waals surface area contributed by atoms with Crippen LogP contribution in [0.15, 0.2) is 0 Å². The highest BCUT2D eigenvalue weighted by Gasteiger charge is 2.42. The Kier molecular flexibility index (Phi) is 8.72. The summed E-state index contributed by atoms with van der Waals surface area (Å²) in [5.74, 6) is 0.384. The van der Waals surface area contributed by atoms with E-state index in [4.69, 9.17) is 27.6 Å². The molecule has 0 N–H and O–H groups in total. The summed E-state index contributed by atoms with van der Waals surface area (Å²) >= 11 is 13.1. The summed E-state index contributed by atoms with van der Waals surface area (Å²) in [6.45, 7) is 17.9. The first-order chi connectivity index (χ1) is 8.94. The average molecular weight is 341 g/mol. The maximum atomic E-state index is 6.65. The molecule has 0 aromatic heterocycles. The Hall–Kier alpha value is 0.757. The van der Waals surface area contributed by atoms with Gasteiger partial charge in [0.2, 0.25) is 0 Å². The average Bonchev–Trinajstić information content (AvgIpc) is 2.30. The molecule has 0 aliphatic rings. The monoisotopic (exact) mass is 340 g/mol. The van der Waals surface area contributed by atoms with E-state index < -0.39 is 8.32 Å². The second-order valence-electron chi connectivity index (χ2n) is 7.69. The fourth-order valence-electron chi connectivity index (χ4n) is 1.85. The predicted molar refractivity (Wildman–Crippen MR) is 95.7 cm³/mol. The molecule has 0 saturated carbocycles. The Bertz CT molecular complexity index is 274. The molecule has 0 heterocycles. The first-order valence-corrected chi connectivity index (χ1v) is 11.7. The van der Waals surface area contributed by atoms with Gasteiger partial charge in [0.25, 0.3) is 0 Å². The molecular weight excluding hydrogens is 307 g/mol. The smallest absolute Gasteiger partial charge is 0.192 e. The van der Waals surface area contributed by atoms with Gasteiger partial charge in [-0.25, -0.2) is 0 Å². The zero-order valence-corrected chi connectivity index (χ0v) is 17.1. The Balaban J connectivity index is 4.89. The standard InChI is InChI=1S/C16H34Cl2OSi/c1-9-10-11-13(17)14(18)15(12(2)3)19-20(7,8)16(4,5)6/h12-15H,9-11H2,1-8H3/t13-,14-,15?/m1/s1. The first kappa shape index (κ1) is 20.8. The Morgan fingerprint density at radius 2 is 1.60 bits per heavy atom. The molecule has 0 aliphatic heterocycles. The van der Waals surface area contributed by atoms with Crippen LogP contribution in [0, 0.1) is 5.92 Å². The predicted octanol–water partition coefficient (Wildman–Crippen LogP) is 6.44. The second-order valence-corrected chi connectivity index (χ2v) is 13.5. The summed E-state index contributed by atoms with van der Waals surface area (Å²) in [6.07, 6.45) is 3.29. The molecular formula is C16H34Cl2OSi. The van der Waals surface area contributed by atoms with Crippen molar-refractivity contribution in [1.29, 1.82) is 0 Å². The summed E-state index contributed by atoms with van der Waals surface area (Å²) in [7, 11) is -1.81. The molecule has 0 aliphatic carbocycles. The van der Waals surface area contributed by atoms with Crippen molar-refractivity contribution in [3.8, 4) is 0 Å². The van der Waals surface area contributed by atoms with E-state index >= 15 is 0 Å². The summed E-state index contributed by atoms with van der Waals surface area (Å²) in [4.78, 5) is 0. The van der Waals surface area contributed by atoms with Crippen LogP contribution in [0.3, 0.4) is 0 Å². The fraction of sp³-hybridized carbons (Fsp3) is 1.00. The lowest BCUT2D eigenvalue weighted by atomic mass is 9.99. The molecule has 0 radical (unpaired) electrons. The van der Waals surface area contributed by atoms with Crippen molar-refractivity contribution >= 4 is 31.5 Å². The molecule has 0 bridgehead atoms. The van der Waals surface area contributed by atoms with Gasteiger partial charge in [-0.1, -0.05) is 54.4 Å². The quantitative estimate of drug-likeness (QED) is 0.365. The van der Waals surface area contributed by atoms with Gasteiger partial charge in [0.1, 0.15) is 0 Å². The molecule has 0 spiro atoms. The van der Waals surface area contributed by atoms with E-state index in [-0.39, 0.29) is 21.9 Å². The normalized spacial score (nSPS) is 18.1. The summed E-state index contributed by atoms with van der Waals surface area (Å²) in [5, 5.41) is 0.0771. The van der Waals surface area contributed by atoms with Crippen LogP contribution in [-0.2, 0) is 4.43 Å². The molecule has 0 aromatic rings. The van der Waals surface area contributed by atoms with Crippen LogP contribution in [0.5, 0.6) is 0 Å². The lowest BCUT2D eigenvalue weighted by Crippen LogP contribution is -2.49. The molecule has 1 unspecified atom stereocenters. The third-order valence-corrected chi connectivity index (χ3v) is 10.0. The molecule has 20 heavy (non-hydrogen) atoms. The molecule has 3 atom stereocenters. The van der Waals surface area contributed by atoms with E-state index in [9.17, 15) is 0 Å². The van der Waals surface area contributed by atoms with Crippen molar-refractivity contribution in [2.75, 3.05) is 0 Å². The molecule has 0 rings (SSSR count). The van der Waals surface area contributed by atoms with Crippen molar-refractivity contribution in [3.63, 3.8) is 0 Å². The Morgan fingerprint density at radius 1 is 1.10 bits per heavy atom. The van der Waals surface area contributed by atoms with Gasteiger partial charge >= 0.3 is 0 Å². The summed E-state index contributed by atoms with van der Waals surface area (Å²) < 4.78 is 6.55. The first-order valence-electron chi connectivity index (χ1n) is 7.90. The van der Waals surface area contributed by atoms with Gasteiger partial charge in [-0.3, -0.25) is 0 Å². The molecule has 0 amide bonds. The lowest BCUT2D eigenvalue weighted by molar-refractivity contribution is 0.126. The van der Waals surface area contributed by atoms with Crippen LogP contribution in [0.1, 0.15) is 60.8 Å². The Labute approximate surface area is 137 Å². The largest absolute Gasteiger partial charge is 0.412 e. The van der Waals surface area contributed by atoms with E-state index in [1.807, 2.05) is 0 Å². The van der Waals surface area contributed by atoms with Crippen LogP contribution in [0.4, 0.5) is 0 Å². The minimum atomic E-state index is -1.81. The number of rotatable bonds is 8. The van der Waals surface area contributed by atoms with Gasteiger partial charge in [0.15, 0.2) is 8.32 Å². The van der Waals surface area contributed by atoms with Crippen molar-refractivity contribution in [3.05, 3.63) is 0 Å². The third kappa shape index (κ3) is 6.25. The summed E-state index contributed by atoms with van der Waals surface area (Å²) in [5.41, 5.74) is 0. The molecule has 0 fully saturated rings. The molecule has 0 saturated heterocycles. The van der Waals surface area contributed by atoms with Gasteiger partial charge < -0.3 is 4.43 Å². The summed E-state index contributed by atoms with van der Waals surface area (Å²) in [6, 6.07) is 0. The number of halogens is 2. The lowest BCUT2D eigenvalue weighted by Gasteiger charge is -2.42. The Morgan fingerprint density at radius 3 is 1.95 bits per heavy atom. The minimum absolute atomic E-state index is 0.00575. The highest BCUT2D eigenvalue weighted by molar-refractivity contribution is 6.74. The molecule has 4 heteroatoms.